The zero-order valence-electron chi connectivity index (χ0n) is 11.7. The fourth-order valence-electron chi connectivity index (χ4n) is 1.89. The number of nitrogens with one attached hydrogen (secondary N) is 2. The highest BCUT2D eigenvalue weighted by Crippen LogP contribution is 2.18. The standard InChI is InChI=1S/C12H23N3O4/c1-9(4-6-15(2)3)13-11(18)14-12(10(16)17)5-7-19-8-12/h9H,4-8H2,1-3H3,(H,16,17)(H2,13,14,18). The van der Waals surface area contributed by atoms with Gasteiger partial charge in [-0.3, -0.25) is 0 Å². The molecular formula is C12H23N3O4. The number of carboxylic acid groups (broad SMARTS) is 1. The number of hydrogen-bond donors (Lipinski definition) is 3. The minimum absolute atomic E-state index is 0.0157. The van der Waals surface area contributed by atoms with Gasteiger partial charge in [0, 0.05) is 19.1 Å². The number of carbonyl (C=O) groups excluding carboxylic acids is 1. The van der Waals surface area contributed by atoms with Gasteiger partial charge in [-0.2, -0.15) is 0 Å². The summed E-state index contributed by atoms with van der Waals surface area (Å²) in [6.45, 7) is 3.11. The first-order chi connectivity index (χ1) is 8.85. The molecule has 1 saturated heterocycles. The number of amides is 2. The Kier molecular flexibility index (Phi) is 5.56. The molecule has 2 atom stereocenters. The van der Waals surface area contributed by atoms with Crippen LogP contribution in [0.2, 0.25) is 0 Å². The summed E-state index contributed by atoms with van der Waals surface area (Å²) in [5.41, 5.74) is -1.29. The number of hydrogen-bond acceptors (Lipinski definition) is 4. The maximum atomic E-state index is 11.8. The van der Waals surface area contributed by atoms with Crippen molar-refractivity contribution < 1.29 is 19.4 Å². The van der Waals surface area contributed by atoms with E-state index < -0.39 is 17.5 Å². The van der Waals surface area contributed by atoms with Gasteiger partial charge in [-0.05, 0) is 34.0 Å². The lowest BCUT2D eigenvalue weighted by Gasteiger charge is -2.25. The number of urea groups is 1. The topological polar surface area (TPSA) is 90.9 Å². The van der Waals surface area contributed by atoms with Gasteiger partial charge in [0.2, 0.25) is 0 Å². The van der Waals surface area contributed by atoms with Crippen molar-refractivity contribution in [3.05, 3.63) is 0 Å². The van der Waals surface area contributed by atoms with Gasteiger partial charge in [0.05, 0.1) is 6.61 Å². The molecule has 1 aliphatic rings. The molecule has 110 valence electrons. The predicted molar refractivity (Wildman–Crippen MR) is 70.1 cm³/mol. The van der Waals surface area contributed by atoms with E-state index in [1.807, 2.05) is 25.9 Å². The quantitative estimate of drug-likeness (QED) is 0.627. The fraction of sp³-hybridized carbons (Fsp3) is 0.833. The van der Waals surface area contributed by atoms with Gasteiger partial charge < -0.3 is 25.4 Å². The molecule has 0 saturated carbocycles. The first-order valence-corrected chi connectivity index (χ1v) is 6.40. The van der Waals surface area contributed by atoms with Crippen molar-refractivity contribution >= 4 is 12.0 Å². The first-order valence-electron chi connectivity index (χ1n) is 6.40. The van der Waals surface area contributed by atoms with Gasteiger partial charge in [0.15, 0.2) is 5.54 Å². The summed E-state index contributed by atoms with van der Waals surface area (Å²) in [7, 11) is 3.92. The molecule has 0 aliphatic carbocycles. The molecule has 7 nitrogen and oxygen atoms in total. The Morgan fingerprint density at radius 2 is 2.16 bits per heavy atom. The SMILES string of the molecule is CC(CCN(C)C)NC(=O)NC1(C(=O)O)CCOC1. The molecule has 2 amide bonds. The lowest BCUT2D eigenvalue weighted by molar-refractivity contribution is -0.144. The molecule has 19 heavy (non-hydrogen) atoms. The van der Waals surface area contributed by atoms with Crippen molar-refractivity contribution in [2.45, 2.75) is 31.3 Å². The second-order valence-electron chi connectivity index (χ2n) is 5.28. The van der Waals surface area contributed by atoms with Crippen LogP contribution in [0.3, 0.4) is 0 Å². The highest BCUT2D eigenvalue weighted by Gasteiger charge is 2.44. The van der Waals surface area contributed by atoms with E-state index in [0.717, 1.165) is 13.0 Å². The average molecular weight is 273 g/mol. The van der Waals surface area contributed by atoms with E-state index in [1.54, 1.807) is 0 Å². The third-order valence-corrected chi connectivity index (χ3v) is 3.17. The maximum absolute atomic E-state index is 11.8. The van der Waals surface area contributed by atoms with Crippen molar-refractivity contribution in [3.63, 3.8) is 0 Å². The van der Waals surface area contributed by atoms with Crippen LogP contribution in [-0.4, -0.2) is 67.4 Å². The molecule has 7 heteroatoms. The first kappa shape index (κ1) is 15.7. The van der Waals surface area contributed by atoms with Gasteiger partial charge in [0.1, 0.15) is 0 Å². The highest BCUT2D eigenvalue weighted by atomic mass is 16.5. The Labute approximate surface area is 113 Å². The minimum atomic E-state index is -1.29. The van der Waals surface area contributed by atoms with Crippen molar-refractivity contribution in [1.82, 2.24) is 15.5 Å². The smallest absolute Gasteiger partial charge is 0.332 e. The van der Waals surface area contributed by atoms with Crippen LogP contribution < -0.4 is 10.6 Å². The Hall–Kier alpha value is -1.34. The lowest BCUT2D eigenvalue weighted by Crippen LogP contribution is -2.58. The normalized spacial score (nSPS) is 24.2. The number of ether oxygens (including phenoxy) is 1. The summed E-state index contributed by atoms with van der Waals surface area (Å²) >= 11 is 0. The fourth-order valence-corrected chi connectivity index (χ4v) is 1.89. The van der Waals surface area contributed by atoms with E-state index in [-0.39, 0.29) is 12.6 Å². The minimum Gasteiger partial charge on any atom is -0.479 e. The third-order valence-electron chi connectivity index (χ3n) is 3.17. The van der Waals surface area contributed by atoms with Gasteiger partial charge in [-0.1, -0.05) is 0 Å². The van der Waals surface area contributed by atoms with Crippen molar-refractivity contribution in [2.24, 2.45) is 0 Å². The second-order valence-corrected chi connectivity index (χ2v) is 5.28. The van der Waals surface area contributed by atoms with Gasteiger partial charge in [-0.25, -0.2) is 9.59 Å². The highest BCUT2D eigenvalue weighted by molar-refractivity contribution is 5.86. The van der Waals surface area contributed by atoms with E-state index in [2.05, 4.69) is 10.6 Å². The van der Waals surface area contributed by atoms with Crippen molar-refractivity contribution in [1.29, 1.82) is 0 Å². The predicted octanol–water partition coefficient (Wildman–Crippen LogP) is -0.130. The molecule has 0 aromatic carbocycles. The van der Waals surface area contributed by atoms with Crippen LogP contribution in [0, 0.1) is 0 Å². The molecule has 0 aromatic heterocycles. The van der Waals surface area contributed by atoms with E-state index in [9.17, 15) is 14.7 Å². The molecule has 1 rings (SSSR count). The summed E-state index contributed by atoms with van der Waals surface area (Å²) in [6.07, 6.45) is 1.10. The van der Waals surface area contributed by atoms with Gasteiger partial charge in [0.25, 0.3) is 0 Å². The summed E-state index contributed by atoms with van der Waals surface area (Å²) in [5, 5.41) is 14.5. The zero-order chi connectivity index (χ0) is 14.5. The molecule has 1 fully saturated rings. The monoisotopic (exact) mass is 273 g/mol. The Bertz CT molecular complexity index is 327. The van der Waals surface area contributed by atoms with Crippen molar-refractivity contribution in [2.75, 3.05) is 33.9 Å². The van der Waals surface area contributed by atoms with Crippen LogP contribution in [0.1, 0.15) is 19.8 Å². The summed E-state index contributed by atoms with van der Waals surface area (Å²) in [4.78, 5) is 25.1. The van der Waals surface area contributed by atoms with Gasteiger partial charge >= 0.3 is 12.0 Å². The number of carbonyl (C=O) groups is 2. The van der Waals surface area contributed by atoms with Crippen LogP contribution in [0.4, 0.5) is 4.79 Å². The third kappa shape index (κ3) is 4.68. The summed E-state index contributed by atoms with van der Waals surface area (Å²) in [5.74, 6) is -1.05. The summed E-state index contributed by atoms with van der Waals surface area (Å²) < 4.78 is 5.08. The second kappa shape index (κ2) is 6.72. The number of nitrogens with zero attached hydrogens (tertiary/aromatic N) is 1. The molecule has 0 bridgehead atoms. The Morgan fingerprint density at radius 1 is 1.47 bits per heavy atom. The van der Waals surface area contributed by atoms with Crippen LogP contribution >= 0.6 is 0 Å². The maximum Gasteiger partial charge on any atom is 0.332 e. The average Bonchev–Trinajstić information content (AvgIpc) is 2.76. The molecule has 0 spiro atoms. The Balaban J connectivity index is 2.43. The molecule has 0 radical (unpaired) electrons. The Morgan fingerprint density at radius 3 is 2.63 bits per heavy atom. The molecule has 1 aliphatic heterocycles. The molecule has 0 aromatic rings. The van der Waals surface area contributed by atoms with Crippen molar-refractivity contribution in [3.8, 4) is 0 Å². The lowest BCUT2D eigenvalue weighted by atomic mass is 9.99. The molecule has 1 heterocycles. The molecule has 3 N–H and O–H groups in total. The van der Waals surface area contributed by atoms with E-state index in [4.69, 9.17) is 4.74 Å². The number of aliphatic carboxylic acids is 1. The van der Waals surface area contributed by atoms with Crippen LogP contribution in [0.25, 0.3) is 0 Å². The largest absolute Gasteiger partial charge is 0.479 e. The van der Waals surface area contributed by atoms with Crippen LogP contribution in [-0.2, 0) is 9.53 Å². The van der Waals surface area contributed by atoms with Crippen LogP contribution in [0.5, 0.6) is 0 Å². The zero-order valence-corrected chi connectivity index (χ0v) is 11.7. The molecular weight excluding hydrogens is 250 g/mol. The molecule has 2 unspecified atom stereocenters. The van der Waals surface area contributed by atoms with E-state index >= 15 is 0 Å². The number of carboxylic acids is 1. The van der Waals surface area contributed by atoms with E-state index in [1.165, 1.54) is 0 Å². The van der Waals surface area contributed by atoms with Crippen LogP contribution in [0.15, 0.2) is 0 Å². The van der Waals surface area contributed by atoms with Gasteiger partial charge in [-0.15, -0.1) is 0 Å². The van der Waals surface area contributed by atoms with E-state index in [0.29, 0.717) is 13.0 Å². The summed E-state index contributed by atoms with van der Waals surface area (Å²) in [6, 6.07) is -0.477. The number of rotatable bonds is 6.